The van der Waals surface area contributed by atoms with Crippen molar-refractivity contribution >= 4 is 11.6 Å². The molecule has 0 saturated carbocycles. The summed E-state index contributed by atoms with van der Waals surface area (Å²) < 4.78 is 0. The highest BCUT2D eigenvalue weighted by Crippen LogP contribution is 2.32. The van der Waals surface area contributed by atoms with E-state index >= 15 is 0 Å². The van der Waals surface area contributed by atoms with Crippen LogP contribution in [-0.2, 0) is 12.5 Å². The minimum atomic E-state index is 0.110. The average molecular weight is 317 g/mol. The Bertz CT molecular complexity index is 559. The first-order chi connectivity index (χ1) is 10.7. The first kappa shape index (κ1) is 17.1. The fourth-order valence-electron chi connectivity index (χ4n) is 2.93. The van der Waals surface area contributed by atoms with Gasteiger partial charge in [0.15, 0.2) is 0 Å². The van der Waals surface area contributed by atoms with Gasteiger partial charge in [0, 0.05) is 5.88 Å². The maximum absolute atomic E-state index is 9.13. The van der Waals surface area contributed by atoms with Crippen molar-refractivity contribution < 1.29 is 5.11 Å². The SMILES string of the molecule is CCC(CC(C)c1ccc(CO)cc1)c1ccc(CCl)cc1. The van der Waals surface area contributed by atoms with Crippen molar-refractivity contribution in [3.63, 3.8) is 0 Å². The van der Waals surface area contributed by atoms with Crippen LogP contribution in [0.5, 0.6) is 0 Å². The summed E-state index contributed by atoms with van der Waals surface area (Å²) in [7, 11) is 0. The van der Waals surface area contributed by atoms with Gasteiger partial charge in [0.2, 0.25) is 0 Å². The van der Waals surface area contributed by atoms with Crippen LogP contribution >= 0.6 is 11.6 Å². The molecular weight excluding hydrogens is 292 g/mol. The highest BCUT2D eigenvalue weighted by atomic mass is 35.5. The lowest BCUT2D eigenvalue weighted by Gasteiger charge is -2.21. The maximum Gasteiger partial charge on any atom is 0.0681 e. The molecule has 2 heteroatoms. The number of aliphatic hydroxyl groups is 1. The Morgan fingerprint density at radius 3 is 1.95 bits per heavy atom. The smallest absolute Gasteiger partial charge is 0.0681 e. The van der Waals surface area contributed by atoms with E-state index in [0.29, 0.717) is 17.7 Å². The normalized spacial score (nSPS) is 13.8. The summed E-state index contributed by atoms with van der Waals surface area (Å²) in [5.74, 6) is 1.65. The third kappa shape index (κ3) is 4.34. The Kier molecular flexibility index (Phi) is 6.48. The van der Waals surface area contributed by atoms with E-state index in [0.717, 1.165) is 18.4 Å². The summed E-state index contributed by atoms with van der Waals surface area (Å²) in [4.78, 5) is 0. The molecule has 2 aromatic rings. The number of aliphatic hydroxyl groups excluding tert-OH is 1. The van der Waals surface area contributed by atoms with Gasteiger partial charge in [-0.15, -0.1) is 11.6 Å². The molecule has 118 valence electrons. The third-order valence-electron chi connectivity index (χ3n) is 4.47. The van der Waals surface area contributed by atoms with Gasteiger partial charge < -0.3 is 5.11 Å². The van der Waals surface area contributed by atoms with Crippen LogP contribution in [0.2, 0.25) is 0 Å². The number of rotatable bonds is 7. The molecule has 0 aliphatic carbocycles. The Labute approximate surface area is 139 Å². The number of hydrogen-bond acceptors (Lipinski definition) is 1. The molecule has 0 radical (unpaired) electrons. The van der Waals surface area contributed by atoms with Gasteiger partial charge in [-0.2, -0.15) is 0 Å². The van der Waals surface area contributed by atoms with E-state index in [-0.39, 0.29) is 6.61 Å². The zero-order valence-electron chi connectivity index (χ0n) is 13.4. The Morgan fingerprint density at radius 1 is 0.909 bits per heavy atom. The van der Waals surface area contributed by atoms with E-state index in [1.165, 1.54) is 16.7 Å². The molecule has 0 spiro atoms. The number of benzene rings is 2. The Hall–Kier alpha value is -1.31. The quantitative estimate of drug-likeness (QED) is 0.659. The zero-order valence-corrected chi connectivity index (χ0v) is 14.2. The van der Waals surface area contributed by atoms with Gasteiger partial charge >= 0.3 is 0 Å². The van der Waals surface area contributed by atoms with Crippen molar-refractivity contribution in [2.75, 3.05) is 0 Å². The van der Waals surface area contributed by atoms with Crippen LogP contribution in [0.3, 0.4) is 0 Å². The summed E-state index contributed by atoms with van der Waals surface area (Å²) >= 11 is 5.86. The highest BCUT2D eigenvalue weighted by molar-refractivity contribution is 6.17. The van der Waals surface area contributed by atoms with Gasteiger partial charge in [-0.3, -0.25) is 0 Å². The van der Waals surface area contributed by atoms with E-state index in [4.69, 9.17) is 16.7 Å². The molecule has 0 heterocycles. The van der Waals surface area contributed by atoms with E-state index < -0.39 is 0 Å². The van der Waals surface area contributed by atoms with Crippen LogP contribution in [0.15, 0.2) is 48.5 Å². The second-order valence-electron chi connectivity index (χ2n) is 6.02. The topological polar surface area (TPSA) is 20.2 Å². The number of halogens is 1. The standard InChI is InChI=1S/C20H25ClO/c1-3-18(20-10-4-16(13-21)5-11-20)12-15(2)19-8-6-17(14-22)7-9-19/h4-11,15,18,22H,3,12-14H2,1-2H3. The summed E-state index contributed by atoms with van der Waals surface area (Å²) in [6.07, 6.45) is 2.27. The van der Waals surface area contributed by atoms with Crippen LogP contribution in [-0.4, -0.2) is 5.11 Å². The van der Waals surface area contributed by atoms with Gasteiger partial charge in [0.1, 0.15) is 0 Å². The molecule has 0 saturated heterocycles. The maximum atomic E-state index is 9.13. The van der Waals surface area contributed by atoms with Crippen molar-refractivity contribution in [3.8, 4) is 0 Å². The number of alkyl halides is 1. The van der Waals surface area contributed by atoms with Crippen molar-refractivity contribution in [2.45, 2.75) is 51.0 Å². The van der Waals surface area contributed by atoms with Gasteiger partial charge in [0.05, 0.1) is 6.61 Å². The van der Waals surface area contributed by atoms with Crippen LogP contribution in [0.1, 0.15) is 60.8 Å². The van der Waals surface area contributed by atoms with Crippen LogP contribution < -0.4 is 0 Å². The predicted octanol–water partition coefficient (Wildman–Crippen LogP) is 5.61. The lowest BCUT2D eigenvalue weighted by atomic mass is 9.84. The minimum absolute atomic E-state index is 0.110. The lowest BCUT2D eigenvalue weighted by Crippen LogP contribution is -2.04. The molecule has 22 heavy (non-hydrogen) atoms. The Morgan fingerprint density at radius 2 is 1.45 bits per heavy atom. The molecule has 1 N–H and O–H groups in total. The summed E-state index contributed by atoms with van der Waals surface area (Å²) in [5, 5.41) is 9.13. The van der Waals surface area contributed by atoms with Crippen molar-refractivity contribution in [2.24, 2.45) is 0 Å². The fourth-order valence-corrected chi connectivity index (χ4v) is 3.11. The number of hydrogen-bond donors (Lipinski definition) is 1. The molecular formula is C20H25ClO. The van der Waals surface area contributed by atoms with Crippen molar-refractivity contribution in [1.82, 2.24) is 0 Å². The first-order valence-corrected chi connectivity index (χ1v) is 8.55. The van der Waals surface area contributed by atoms with E-state index in [2.05, 4.69) is 50.2 Å². The Balaban J connectivity index is 2.07. The molecule has 2 atom stereocenters. The molecule has 2 rings (SSSR count). The summed E-state index contributed by atoms with van der Waals surface area (Å²) in [6, 6.07) is 17.0. The average Bonchev–Trinajstić information content (AvgIpc) is 2.59. The van der Waals surface area contributed by atoms with Crippen molar-refractivity contribution in [1.29, 1.82) is 0 Å². The zero-order chi connectivity index (χ0) is 15.9. The van der Waals surface area contributed by atoms with E-state index in [9.17, 15) is 0 Å². The molecule has 2 aromatic carbocycles. The molecule has 0 amide bonds. The predicted molar refractivity (Wildman–Crippen MR) is 94.4 cm³/mol. The van der Waals surface area contributed by atoms with Gasteiger partial charge in [-0.25, -0.2) is 0 Å². The lowest BCUT2D eigenvalue weighted by molar-refractivity contribution is 0.282. The second-order valence-corrected chi connectivity index (χ2v) is 6.28. The van der Waals surface area contributed by atoms with Gasteiger partial charge in [-0.1, -0.05) is 62.4 Å². The van der Waals surface area contributed by atoms with E-state index in [1.807, 2.05) is 12.1 Å². The third-order valence-corrected chi connectivity index (χ3v) is 4.78. The largest absolute Gasteiger partial charge is 0.392 e. The van der Waals surface area contributed by atoms with Crippen LogP contribution in [0, 0.1) is 0 Å². The minimum Gasteiger partial charge on any atom is -0.392 e. The summed E-state index contributed by atoms with van der Waals surface area (Å²) in [6.45, 7) is 4.64. The molecule has 0 aromatic heterocycles. The van der Waals surface area contributed by atoms with E-state index in [1.54, 1.807) is 0 Å². The van der Waals surface area contributed by atoms with Gasteiger partial charge in [-0.05, 0) is 46.9 Å². The molecule has 0 aliphatic heterocycles. The summed E-state index contributed by atoms with van der Waals surface area (Å²) in [5.41, 5.74) is 4.88. The first-order valence-electron chi connectivity index (χ1n) is 8.02. The highest BCUT2D eigenvalue weighted by Gasteiger charge is 2.15. The molecule has 1 nitrogen and oxygen atoms in total. The molecule has 0 aliphatic rings. The molecule has 0 bridgehead atoms. The molecule has 0 fully saturated rings. The fraction of sp³-hybridized carbons (Fsp3) is 0.400. The van der Waals surface area contributed by atoms with Crippen LogP contribution in [0.4, 0.5) is 0 Å². The van der Waals surface area contributed by atoms with Crippen molar-refractivity contribution in [3.05, 3.63) is 70.8 Å². The monoisotopic (exact) mass is 316 g/mol. The van der Waals surface area contributed by atoms with Crippen LogP contribution in [0.25, 0.3) is 0 Å². The molecule has 2 unspecified atom stereocenters. The van der Waals surface area contributed by atoms with Gasteiger partial charge in [0.25, 0.3) is 0 Å². The second kappa shape index (κ2) is 8.36.